The van der Waals surface area contributed by atoms with E-state index in [2.05, 4.69) is 0 Å². The van der Waals surface area contributed by atoms with Crippen molar-refractivity contribution in [2.24, 2.45) is 0 Å². The minimum Gasteiger partial charge on any atom is -0.497 e. The van der Waals surface area contributed by atoms with Gasteiger partial charge in [-0.05, 0) is 24.3 Å². The van der Waals surface area contributed by atoms with Gasteiger partial charge in [-0.2, -0.15) is 17.0 Å². The van der Waals surface area contributed by atoms with Crippen molar-refractivity contribution < 1.29 is 17.9 Å². The summed E-state index contributed by atoms with van der Waals surface area (Å²) in [6, 6.07) is 7.13. The van der Waals surface area contributed by atoms with Crippen LogP contribution in [0.1, 0.15) is 0 Å². The zero-order valence-electron chi connectivity index (χ0n) is 11.7. The lowest BCUT2D eigenvalue weighted by atomic mass is 10.3. The molecule has 6 nitrogen and oxygen atoms in total. The molecule has 0 atom stereocenters. The topological polar surface area (TPSA) is 59.1 Å². The second-order valence-electron chi connectivity index (χ2n) is 4.14. The second kappa shape index (κ2) is 6.74. The van der Waals surface area contributed by atoms with Gasteiger partial charge in [0.1, 0.15) is 18.1 Å². The van der Waals surface area contributed by atoms with Gasteiger partial charge in [0.15, 0.2) is 0 Å². The third-order valence-corrected chi connectivity index (χ3v) is 4.48. The van der Waals surface area contributed by atoms with E-state index < -0.39 is 10.2 Å². The Hall–Kier alpha value is -1.31. The van der Waals surface area contributed by atoms with E-state index in [-0.39, 0.29) is 13.2 Å². The second-order valence-corrected chi connectivity index (χ2v) is 6.39. The van der Waals surface area contributed by atoms with Crippen LogP contribution in [0.5, 0.6) is 11.5 Å². The summed E-state index contributed by atoms with van der Waals surface area (Å²) in [6.45, 7) is 0.572. The van der Waals surface area contributed by atoms with Crippen molar-refractivity contribution in [2.45, 2.75) is 0 Å². The summed E-state index contributed by atoms with van der Waals surface area (Å²) in [5.74, 6) is 1.43. The third kappa shape index (κ3) is 4.38. The van der Waals surface area contributed by atoms with Crippen LogP contribution in [-0.2, 0) is 10.2 Å². The highest BCUT2D eigenvalue weighted by Crippen LogP contribution is 2.16. The number of nitrogens with zero attached hydrogens (tertiary/aromatic N) is 2. The normalized spacial score (nSPS) is 11.9. The fraction of sp³-hybridized carbons (Fsp3) is 0.500. The molecule has 0 aromatic heterocycles. The Bertz CT molecular complexity index is 485. The minimum atomic E-state index is -3.38. The number of hydrogen-bond donors (Lipinski definition) is 0. The molecule has 108 valence electrons. The molecular weight excluding hydrogens is 268 g/mol. The molecule has 0 bridgehead atoms. The van der Waals surface area contributed by atoms with Gasteiger partial charge in [0.25, 0.3) is 10.2 Å². The fourth-order valence-corrected chi connectivity index (χ4v) is 2.22. The molecule has 0 N–H and O–H groups in total. The first kappa shape index (κ1) is 15.7. The molecule has 0 aliphatic carbocycles. The average Bonchev–Trinajstić information content (AvgIpc) is 2.39. The van der Waals surface area contributed by atoms with Crippen LogP contribution in [0.25, 0.3) is 0 Å². The summed E-state index contributed by atoms with van der Waals surface area (Å²) in [5, 5.41) is 0. The van der Waals surface area contributed by atoms with Crippen LogP contribution in [0.3, 0.4) is 0 Å². The molecule has 0 spiro atoms. The predicted molar refractivity (Wildman–Crippen MR) is 73.7 cm³/mol. The number of methoxy groups -OCH3 is 1. The van der Waals surface area contributed by atoms with E-state index in [1.54, 1.807) is 31.4 Å². The highest BCUT2D eigenvalue weighted by atomic mass is 32.2. The monoisotopic (exact) mass is 288 g/mol. The lowest BCUT2D eigenvalue weighted by Gasteiger charge is -2.21. The predicted octanol–water partition coefficient (Wildman–Crippen LogP) is 0.812. The van der Waals surface area contributed by atoms with Gasteiger partial charge >= 0.3 is 0 Å². The molecule has 1 aromatic rings. The molecule has 0 amide bonds. The number of ether oxygens (including phenoxy) is 2. The Kier molecular flexibility index (Phi) is 5.59. The maximum atomic E-state index is 11.7. The van der Waals surface area contributed by atoms with E-state index >= 15 is 0 Å². The van der Waals surface area contributed by atoms with Crippen LogP contribution in [0.2, 0.25) is 0 Å². The van der Waals surface area contributed by atoms with E-state index in [1.807, 2.05) is 0 Å². The SMILES string of the molecule is COc1ccc(OCCN(C)S(=O)(=O)N(C)C)cc1. The highest BCUT2D eigenvalue weighted by molar-refractivity contribution is 7.86. The maximum Gasteiger partial charge on any atom is 0.281 e. The van der Waals surface area contributed by atoms with Crippen molar-refractivity contribution in [3.8, 4) is 11.5 Å². The summed E-state index contributed by atoms with van der Waals surface area (Å²) >= 11 is 0. The zero-order chi connectivity index (χ0) is 14.5. The van der Waals surface area contributed by atoms with Crippen molar-refractivity contribution in [3.05, 3.63) is 24.3 Å². The maximum absolute atomic E-state index is 11.7. The number of likely N-dealkylation sites (N-methyl/N-ethyl adjacent to an activating group) is 1. The fourth-order valence-electron chi connectivity index (χ4n) is 1.36. The molecule has 19 heavy (non-hydrogen) atoms. The Morgan fingerprint density at radius 3 is 2.05 bits per heavy atom. The van der Waals surface area contributed by atoms with Gasteiger partial charge in [0, 0.05) is 27.7 Å². The van der Waals surface area contributed by atoms with Gasteiger partial charge in [0.2, 0.25) is 0 Å². The van der Waals surface area contributed by atoms with Crippen LogP contribution in [-0.4, -0.2) is 58.4 Å². The molecule has 0 unspecified atom stereocenters. The first-order chi connectivity index (χ1) is 8.87. The standard InChI is InChI=1S/C12H20N2O4S/c1-13(2)19(15,16)14(3)9-10-18-12-7-5-11(17-4)6-8-12/h5-8H,9-10H2,1-4H3. The molecule has 1 rings (SSSR count). The van der Waals surface area contributed by atoms with Crippen LogP contribution in [0, 0.1) is 0 Å². The van der Waals surface area contributed by atoms with E-state index in [0.717, 1.165) is 5.75 Å². The molecule has 0 saturated carbocycles. The van der Waals surface area contributed by atoms with E-state index in [4.69, 9.17) is 9.47 Å². The summed E-state index contributed by atoms with van der Waals surface area (Å²) in [5.41, 5.74) is 0. The molecule has 0 aliphatic heterocycles. The summed E-state index contributed by atoms with van der Waals surface area (Å²) in [7, 11) is 2.73. The average molecular weight is 288 g/mol. The Labute approximate surface area is 114 Å². The van der Waals surface area contributed by atoms with Gasteiger partial charge in [-0.1, -0.05) is 0 Å². The number of rotatable bonds is 7. The largest absolute Gasteiger partial charge is 0.497 e. The van der Waals surface area contributed by atoms with Crippen molar-refractivity contribution in [2.75, 3.05) is 41.4 Å². The molecule has 7 heteroatoms. The lowest BCUT2D eigenvalue weighted by molar-refractivity contribution is 0.281. The van der Waals surface area contributed by atoms with Crippen LogP contribution >= 0.6 is 0 Å². The van der Waals surface area contributed by atoms with E-state index in [9.17, 15) is 8.42 Å². The van der Waals surface area contributed by atoms with Crippen LogP contribution < -0.4 is 9.47 Å². The van der Waals surface area contributed by atoms with Crippen LogP contribution in [0.15, 0.2) is 24.3 Å². The molecule has 1 aromatic carbocycles. The Balaban J connectivity index is 2.46. The van der Waals surface area contributed by atoms with Gasteiger partial charge in [-0.25, -0.2) is 0 Å². The number of hydrogen-bond acceptors (Lipinski definition) is 4. The molecule has 0 aliphatic rings. The molecule has 0 fully saturated rings. The first-order valence-electron chi connectivity index (χ1n) is 5.78. The molecule has 0 radical (unpaired) electrons. The quantitative estimate of drug-likeness (QED) is 0.745. The Morgan fingerprint density at radius 1 is 1.05 bits per heavy atom. The Morgan fingerprint density at radius 2 is 1.58 bits per heavy atom. The smallest absolute Gasteiger partial charge is 0.281 e. The van der Waals surface area contributed by atoms with Gasteiger partial charge in [0.05, 0.1) is 7.11 Å². The van der Waals surface area contributed by atoms with Crippen LogP contribution in [0.4, 0.5) is 0 Å². The summed E-state index contributed by atoms with van der Waals surface area (Å²) in [6.07, 6.45) is 0. The number of benzene rings is 1. The summed E-state index contributed by atoms with van der Waals surface area (Å²) < 4.78 is 36.4. The van der Waals surface area contributed by atoms with E-state index in [0.29, 0.717) is 5.75 Å². The van der Waals surface area contributed by atoms with Gasteiger partial charge in [-0.3, -0.25) is 0 Å². The van der Waals surface area contributed by atoms with Crippen molar-refractivity contribution in [3.63, 3.8) is 0 Å². The lowest BCUT2D eigenvalue weighted by Crippen LogP contribution is -2.39. The molecular formula is C12H20N2O4S. The van der Waals surface area contributed by atoms with E-state index in [1.165, 1.54) is 29.8 Å². The van der Waals surface area contributed by atoms with Gasteiger partial charge < -0.3 is 9.47 Å². The zero-order valence-corrected chi connectivity index (χ0v) is 12.5. The molecule has 0 saturated heterocycles. The third-order valence-electron chi connectivity index (χ3n) is 2.59. The van der Waals surface area contributed by atoms with Crippen molar-refractivity contribution >= 4 is 10.2 Å². The van der Waals surface area contributed by atoms with Crippen molar-refractivity contribution in [1.82, 2.24) is 8.61 Å². The molecule has 0 heterocycles. The summed E-state index contributed by atoms with van der Waals surface area (Å²) in [4.78, 5) is 0. The van der Waals surface area contributed by atoms with Gasteiger partial charge in [-0.15, -0.1) is 0 Å². The first-order valence-corrected chi connectivity index (χ1v) is 7.18. The minimum absolute atomic E-state index is 0.284. The highest BCUT2D eigenvalue weighted by Gasteiger charge is 2.19. The van der Waals surface area contributed by atoms with Crippen molar-refractivity contribution in [1.29, 1.82) is 0 Å².